The number of carbonyl (C=O) groups excluding carboxylic acids is 1. The summed E-state index contributed by atoms with van der Waals surface area (Å²) in [7, 11) is 0. The Kier molecular flexibility index (Phi) is 5.38. The van der Waals surface area contributed by atoms with Crippen LogP contribution in [0.15, 0.2) is 65.1 Å². The molecular weight excluding hydrogens is 366 g/mol. The topological polar surface area (TPSA) is 51.9 Å². The van der Waals surface area contributed by atoms with E-state index in [1.54, 1.807) is 11.0 Å². The Hall–Kier alpha value is -3.47. The molecule has 5 nitrogen and oxygen atoms in total. The van der Waals surface area contributed by atoms with Crippen LogP contribution in [0.3, 0.4) is 0 Å². The molecule has 0 saturated heterocycles. The fourth-order valence-electron chi connectivity index (χ4n) is 3.35. The van der Waals surface area contributed by atoms with Crippen molar-refractivity contribution in [3.05, 3.63) is 83.3 Å². The van der Waals surface area contributed by atoms with Crippen molar-refractivity contribution in [2.24, 2.45) is 0 Å². The fourth-order valence-corrected chi connectivity index (χ4v) is 3.35. The largest absolute Gasteiger partial charge is 0.486 e. The number of hydrogen-bond acceptors (Lipinski definition) is 4. The molecule has 0 atom stereocenters. The van der Waals surface area contributed by atoms with Crippen LogP contribution in [0.5, 0.6) is 11.5 Å². The third-order valence-corrected chi connectivity index (χ3v) is 4.75. The van der Waals surface area contributed by atoms with Crippen molar-refractivity contribution < 1.29 is 18.7 Å². The van der Waals surface area contributed by atoms with E-state index in [-0.39, 0.29) is 5.91 Å². The molecular formula is C24H23NO4. The van der Waals surface area contributed by atoms with Crippen LogP contribution in [0, 0.1) is 13.8 Å². The van der Waals surface area contributed by atoms with Crippen LogP contribution in [0.4, 0.5) is 5.69 Å². The average molecular weight is 389 g/mol. The lowest BCUT2D eigenvalue weighted by atomic mass is 10.1. The summed E-state index contributed by atoms with van der Waals surface area (Å²) in [5.41, 5.74) is 2.39. The molecule has 0 spiro atoms. The summed E-state index contributed by atoms with van der Waals surface area (Å²) in [6.45, 7) is 5.09. The molecule has 2 heterocycles. The van der Waals surface area contributed by atoms with E-state index in [4.69, 9.17) is 13.9 Å². The van der Waals surface area contributed by atoms with E-state index in [0.29, 0.717) is 48.3 Å². The number of anilines is 1. The monoisotopic (exact) mass is 389 g/mol. The van der Waals surface area contributed by atoms with Gasteiger partial charge in [0.2, 0.25) is 0 Å². The van der Waals surface area contributed by atoms with Crippen molar-refractivity contribution in [3.8, 4) is 11.5 Å². The number of amides is 1. The van der Waals surface area contributed by atoms with Gasteiger partial charge in [0.15, 0.2) is 11.5 Å². The zero-order chi connectivity index (χ0) is 20.2. The van der Waals surface area contributed by atoms with Gasteiger partial charge < -0.3 is 18.8 Å². The maximum absolute atomic E-state index is 13.3. The van der Waals surface area contributed by atoms with Gasteiger partial charge in [-0.15, -0.1) is 0 Å². The molecule has 148 valence electrons. The molecule has 0 aliphatic carbocycles. The lowest BCUT2D eigenvalue weighted by molar-refractivity contribution is 0.0988. The van der Waals surface area contributed by atoms with Gasteiger partial charge in [-0.3, -0.25) is 4.79 Å². The molecule has 0 fully saturated rings. The summed E-state index contributed by atoms with van der Waals surface area (Å²) in [5.74, 6) is 2.56. The highest BCUT2D eigenvalue weighted by molar-refractivity contribution is 6.07. The quantitative estimate of drug-likeness (QED) is 0.614. The number of rotatable bonds is 5. The van der Waals surface area contributed by atoms with Gasteiger partial charge >= 0.3 is 0 Å². The van der Waals surface area contributed by atoms with Crippen molar-refractivity contribution in [1.82, 2.24) is 0 Å². The Balaban J connectivity index is 1.66. The maximum atomic E-state index is 13.3. The molecule has 2 aromatic carbocycles. The minimum absolute atomic E-state index is 0.117. The summed E-state index contributed by atoms with van der Waals surface area (Å²) < 4.78 is 16.9. The number of ether oxygens (including phenoxy) is 2. The molecule has 3 aromatic rings. The van der Waals surface area contributed by atoms with Crippen molar-refractivity contribution in [3.63, 3.8) is 0 Å². The normalized spacial score (nSPS) is 12.9. The van der Waals surface area contributed by atoms with E-state index in [1.807, 2.05) is 74.5 Å². The Morgan fingerprint density at radius 2 is 1.76 bits per heavy atom. The zero-order valence-corrected chi connectivity index (χ0v) is 16.6. The maximum Gasteiger partial charge on any atom is 0.262 e. The molecule has 0 saturated carbocycles. The van der Waals surface area contributed by atoms with Crippen LogP contribution in [-0.4, -0.2) is 25.7 Å². The standard InChI is InChI=1S/C24H23NO4/c1-17-15-21(18(2)29-17)24(26)25(12-6-9-19-7-4-3-5-8-19)20-10-11-22-23(16-20)28-14-13-27-22/h3-11,15-16H,12-14H2,1-2H3/b9-6+. The van der Waals surface area contributed by atoms with Crippen molar-refractivity contribution in [1.29, 1.82) is 0 Å². The molecule has 1 aliphatic rings. The minimum Gasteiger partial charge on any atom is -0.486 e. The highest BCUT2D eigenvalue weighted by Gasteiger charge is 2.23. The van der Waals surface area contributed by atoms with Gasteiger partial charge in [-0.2, -0.15) is 0 Å². The van der Waals surface area contributed by atoms with Crippen LogP contribution in [0.2, 0.25) is 0 Å². The fraction of sp³-hybridized carbons (Fsp3) is 0.208. The average Bonchev–Trinajstić information content (AvgIpc) is 3.09. The summed E-state index contributed by atoms with van der Waals surface area (Å²) in [6.07, 6.45) is 3.98. The van der Waals surface area contributed by atoms with E-state index in [2.05, 4.69) is 0 Å². The second-order valence-corrected chi connectivity index (χ2v) is 6.88. The molecule has 1 amide bonds. The van der Waals surface area contributed by atoms with Gasteiger partial charge in [-0.1, -0.05) is 42.5 Å². The third kappa shape index (κ3) is 4.19. The van der Waals surface area contributed by atoms with Gasteiger partial charge in [-0.05, 0) is 37.6 Å². The zero-order valence-electron chi connectivity index (χ0n) is 16.6. The highest BCUT2D eigenvalue weighted by atomic mass is 16.6. The Bertz CT molecular complexity index is 1040. The second-order valence-electron chi connectivity index (χ2n) is 6.88. The number of benzene rings is 2. The van der Waals surface area contributed by atoms with E-state index < -0.39 is 0 Å². The lowest BCUT2D eigenvalue weighted by Crippen LogP contribution is -2.31. The van der Waals surface area contributed by atoms with E-state index in [0.717, 1.165) is 11.3 Å². The molecule has 1 aliphatic heterocycles. The summed E-state index contributed by atoms with van der Waals surface area (Å²) in [4.78, 5) is 15.1. The van der Waals surface area contributed by atoms with Crippen LogP contribution in [0.1, 0.15) is 27.4 Å². The minimum atomic E-state index is -0.117. The number of aryl methyl sites for hydroxylation is 2. The predicted molar refractivity (Wildman–Crippen MR) is 113 cm³/mol. The van der Waals surface area contributed by atoms with Crippen LogP contribution < -0.4 is 14.4 Å². The Morgan fingerprint density at radius 1 is 1.00 bits per heavy atom. The van der Waals surface area contributed by atoms with E-state index >= 15 is 0 Å². The van der Waals surface area contributed by atoms with Crippen LogP contribution in [0.25, 0.3) is 6.08 Å². The summed E-state index contributed by atoms with van der Waals surface area (Å²) in [5, 5.41) is 0. The molecule has 29 heavy (non-hydrogen) atoms. The molecule has 0 unspecified atom stereocenters. The van der Waals surface area contributed by atoms with Crippen LogP contribution >= 0.6 is 0 Å². The van der Waals surface area contributed by atoms with Gasteiger partial charge in [-0.25, -0.2) is 0 Å². The first kappa shape index (κ1) is 18.9. The number of fused-ring (bicyclic) bond motifs is 1. The summed E-state index contributed by atoms with van der Waals surface area (Å²) >= 11 is 0. The molecule has 0 bridgehead atoms. The highest BCUT2D eigenvalue weighted by Crippen LogP contribution is 2.34. The first-order chi connectivity index (χ1) is 14.1. The summed E-state index contributed by atoms with van der Waals surface area (Å²) in [6, 6.07) is 17.4. The predicted octanol–water partition coefficient (Wildman–Crippen LogP) is 5.03. The van der Waals surface area contributed by atoms with E-state index in [1.165, 1.54) is 0 Å². The van der Waals surface area contributed by atoms with Crippen molar-refractivity contribution >= 4 is 17.7 Å². The van der Waals surface area contributed by atoms with Gasteiger partial charge in [0.1, 0.15) is 24.7 Å². The molecule has 0 radical (unpaired) electrons. The van der Waals surface area contributed by atoms with Gasteiger partial charge in [0, 0.05) is 18.3 Å². The first-order valence-electron chi connectivity index (χ1n) is 9.62. The lowest BCUT2D eigenvalue weighted by Gasteiger charge is -2.24. The van der Waals surface area contributed by atoms with Gasteiger partial charge in [0.05, 0.1) is 5.56 Å². The number of carbonyl (C=O) groups is 1. The Labute approximate surface area is 170 Å². The molecule has 0 N–H and O–H groups in total. The first-order valence-corrected chi connectivity index (χ1v) is 9.62. The SMILES string of the molecule is Cc1cc(C(=O)N(C/C=C/c2ccccc2)c2ccc3c(c2)OCCO3)c(C)o1. The molecule has 1 aromatic heterocycles. The van der Waals surface area contributed by atoms with Gasteiger partial charge in [0.25, 0.3) is 5.91 Å². The smallest absolute Gasteiger partial charge is 0.262 e. The van der Waals surface area contributed by atoms with Crippen LogP contribution in [-0.2, 0) is 0 Å². The number of nitrogens with zero attached hydrogens (tertiary/aromatic N) is 1. The molecule has 4 rings (SSSR count). The third-order valence-electron chi connectivity index (χ3n) is 4.75. The van der Waals surface area contributed by atoms with E-state index in [9.17, 15) is 4.79 Å². The second kappa shape index (κ2) is 8.27. The molecule has 5 heteroatoms. The number of hydrogen-bond donors (Lipinski definition) is 0. The number of furan rings is 1. The van der Waals surface area contributed by atoms with Crippen molar-refractivity contribution in [2.45, 2.75) is 13.8 Å². The van der Waals surface area contributed by atoms with Crippen molar-refractivity contribution in [2.75, 3.05) is 24.7 Å². The Morgan fingerprint density at radius 3 is 2.48 bits per heavy atom.